The van der Waals surface area contributed by atoms with E-state index in [1.54, 1.807) is 0 Å². The van der Waals surface area contributed by atoms with Crippen LogP contribution >= 0.6 is 0 Å². The van der Waals surface area contributed by atoms with E-state index in [2.05, 4.69) is 36.4 Å². The molecule has 0 saturated carbocycles. The summed E-state index contributed by atoms with van der Waals surface area (Å²) < 4.78 is 16.9. The van der Waals surface area contributed by atoms with Gasteiger partial charge in [0.25, 0.3) is 0 Å². The Kier molecular flexibility index (Phi) is 12.0. The highest BCUT2D eigenvalue weighted by atomic mass is 16.5. The van der Waals surface area contributed by atoms with Crippen LogP contribution < -0.4 is 9.47 Å². The van der Waals surface area contributed by atoms with Gasteiger partial charge < -0.3 is 14.2 Å². The molecule has 0 saturated heterocycles. The van der Waals surface area contributed by atoms with Gasteiger partial charge in [-0.1, -0.05) is 37.1 Å². The van der Waals surface area contributed by atoms with E-state index in [0.29, 0.717) is 0 Å². The Bertz CT molecular complexity index is 611. The molecule has 0 heterocycles. The van der Waals surface area contributed by atoms with Crippen molar-refractivity contribution >= 4 is 0 Å². The zero-order valence-electron chi connectivity index (χ0n) is 18.3. The maximum atomic E-state index is 5.80. The molecule has 0 aromatic heterocycles. The average Bonchev–Trinajstić information content (AvgIpc) is 2.73. The van der Waals surface area contributed by atoms with E-state index in [1.807, 2.05) is 26.0 Å². The number of aryl methyl sites for hydroxylation is 2. The summed E-state index contributed by atoms with van der Waals surface area (Å²) in [5.41, 5.74) is 2.73. The van der Waals surface area contributed by atoms with Gasteiger partial charge in [-0.2, -0.15) is 0 Å². The first-order valence-electron chi connectivity index (χ1n) is 11.3. The summed E-state index contributed by atoms with van der Waals surface area (Å²) in [4.78, 5) is 0. The predicted molar refractivity (Wildman–Crippen MR) is 121 cm³/mol. The minimum atomic E-state index is 0.724. The van der Waals surface area contributed by atoms with Gasteiger partial charge in [0.2, 0.25) is 0 Å². The van der Waals surface area contributed by atoms with Crippen molar-refractivity contribution in [3.8, 4) is 11.5 Å². The maximum absolute atomic E-state index is 5.80. The van der Waals surface area contributed by atoms with Gasteiger partial charge in [-0.05, 0) is 87.8 Å². The molecule has 0 amide bonds. The monoisotopic (exact) mass is 398 g/mol. The lowest BCUT2D eigenvalue weighted by molar-refractivity contribution is 0.126. The van der Waals surface area contributed by atoms with E-state index in [0.717, 1.165) is 63.6 Å². The molecule has 0 aliphatic rings. The standard InChI is InChI=1S/C26H38O3/c1-3-28-25-17-11-15-23(21-25)13-7-5-9-19-27-20-10-6-8-14-24-16-12-18-26(22-24)29-4-2/h11-12,15-18,21-22H,3-10,13-14,19-20H2,1-2H3. The van der Waals surface area contributed by atoms with E-state index in [4.69, 9.17) is 14.2 Å². The molecule has 2 rings (SSSR count). The lowest BCUT2D eigenvalue weighted by Gasteiger charge is -2.07. The number of hydrogen-bond donors (Lipinski definition) is 0. The van der Waals surface area contributed by atoms with Crippen LogP contribution in [0.25, 0.3) is 0 Å². The van der Waals surface area contributed by atoms with Crippen LogP contribution in [0.2, 0.25) is 0 Å². The zero-order valence-corrected chi connectivity index (χ0v) is 18.3. The van der Waals surface area contributed by atoms with E-state index >= 15 is 0 Å². The third-order valence-electron chi connectivity index (χ3n) is 4.93. The topological polar surface area (TPSA) is 27.7 Å². The first-order valence-corrected chi connectivity index (χ1v) is 11.3. The lowest BCUT2D eigenvalue weighted by atomic mass is 10.1. The molecular formula is C26H38O3. The Morgan fingerprint density at radius 3 is 1.52 bits per heavy atom. The van der Waals surface area contributed by atoms with Crippen molar-refractivity contribution in [3.05, 3.63) is 59.7 Å². The first-order chi connectivity index (χ1) is 14.3. The fourth-order valence-electron chi connectivity index (χ4n) is 3.44. The van der Waals surface area contributed by atoms with Crippen molar-refractivity contribution in [2.45, 2.75) is 65.2 Å². The number of hydrogen-bond acceptors (Lipinski definition) is 3. The van der Waals surface area contributed by atoms with Crippen molar-refractivity contribution in [1.82, 2.24) is 0 Å². The lowest BCUT2D eigenvalue weighted by Crippen LogP contribution is -1.98. The van der Waals surface area contributed by atoms with Crippen LogP contribution in [-0.4, -0.2) is 26.4 Å². The second-order valence-corrected chi connectivity index (χ2v) is 7.39. The van der Waals surface area contributed by atoms with Crippen LogP contribution in [0.4, 0.5) is 0 Å². The molecule has 0 bridgehead atoms. The smallest absolute Gasteiger partial charge is 0.119 e. The fraction of sp³-hybridized carbons (Fsp3) is 0.538. The number of unbranched alkanes of at least 4 members (excludes halogenated alkanes) is 4. The van der Waals surface area contributed by atoms with Crippen LogP contribution in [-0.2, 0) is 17.6 Å². The average molecular weight is 399 g/mol. The highest BCUT2D eigenvalue weighted by Gasteiger charge is 1.99. The number of rotatable bonds is 16. The predicted octanol–water partition coefficient (Wildman–Crippen LogP) is 6.63. The molecule has 0 aliphatic heterocycles. The van der Waals surface area contributed by atoms with Crippen LogP contribution in [0.5, 0.6) is 11.5 Å². The Morgan fingerprint density at radius 2 is 1.07 bits per heavy atom. The number of ether oxygens (including phenoxy) is 3. The third-order valence-corrected chi connectivity index (χ3v) is 4.93. The summed E-state index contributed by atoms with van der Waals surface area (Å²) in [5.74, 6) is 1.96. The second kappa shape index (κ2) is 14.9. The van der Waals surface area contributed by atoms with Gasteiger partial charge in [-0.3, -0.25) is 0 Å². The normalized spacial score (nSPS) is 10.8. The molecule has 160 valence electrons. The van der Waals surface area contributed by atoms with Crippen molar-refractivity contribution in [2.24, 2.45) is 0 Å². The second-order valence-electron chi connectivity index (χ2n) is 7.39. The van der Waals surface area contributed by atoms with Crippen molar-refractivity contribution in [1.29, 1.82) is 0 Å². The Balaban J connectivity index is 1.42. The molecule has 0 radical (unpaired) electrons. The van der Waals surface area contributed by atoms with Gasteiger partial charge in [0.1, 0.15) is 11.5 Å². The van der Waals surface area contributed by atoms with E-state index in [9.17, 15) is 0 Å². The van der Waals surface area contributed by atoms with Crippen LogP contribution in [0.3, 0.4) is 0 Å². The molecule has 0 unspecified atom stereocenters. The summed E-state index contributed by atoms with van der Waals surface area (Å²) in [7, 11) is 0. The molecule has 2 aromatic carbocycles. The Hall–Kier alpha value is -2.00. The van der Waals surface area contributed by atoms with E-state index in [-0.39, 0.29) is 0 Å². The van der Waals surface area contributed by atoms with E-state index in [1.165, 1.54) is 36.8 Å². The first kappa shape index (κ1) is 23.3. The quantitative estimate of drug-likeness (QED) is 0.297. The van der Waals surface area contributed by atoms with E-state index < -0.39 is 0 Å². The van der Waals surface area contributed by atoms with Gasteiger partial charge >= 0.3 is 0 Å². The van der Waals surface area contributed by atoms with Crippen LogP contribution in [0.1, 0.15) is 63.5 Å². The Morgan fingerprint density at radius 1 is 0.586 bits per heavy atom. The van der Waals surface area contributed by atoms with Crippen molar-refractivity contribution < 1.29 is 14.2 Å². The molecule has 3 nitrogen and oxygen atoms in total. The highest BCUT2D eigenvalue weighted by Crippen LogP contribution is 2.16. The third kappa shape index (κ3) is 10.4. The molecular weight excluding hydrogens is 360 g/mol. The molecule has 0 fully saturated rings. The fourth-order valence-corrected chi connectivity index (χ4v) is 3.44. The van der Waals surface area contributed by atoms with Crippen molar-refractivity contribution in [3.63, 3.8) is 0 Å². The molecule has 0 atom stereocenters. The van der Waals surface area contributed by atoms with Crippen LogP contribution in [0.15, 0.2) is 48.5 Å². The van der Waals surface area contributed by atoms with Gasteiger partial charge in [-0.15, -0.1) is 0 Å². The molecule has 3 heteroatoms. The van der Waals surface area contributed by atoms with Gasteiger partial charge in [0.15, 0.2) is 0 Å². The molecule has 0 spiro atoms. The van der Waals surface area contributed by atoms with Gasteiger partial charge in [0.05, 0.1) is 13.2 Å². The Labute approximate surface area is 177 Å². The van der Waals surface area contributed by atoms with Crippen LogP contribution in [0, 0.1) is 0 Å². The highest BCUT2D eigenvalue weighted by molar-refractivity contribution is 5.29. The summed E-state index contributed by atoms with van der Waals surface area (Å²) in [6.45, 7) is 7.26. The minimum Gasteiger partial charge on any atom is -0.494 e. The SMILES string of the molecule is CCOc1cccc(CCCCCOCCCCCc2cccc(OCC)c2)c1. The summed E-state index contributed by atoms with van der Waals surface area (Å²) in [6.07, 6.45) is 9.38. The summed E-state index contributed by atoms with van der Waals surface area (Å²) in [5, 5.41) is 0. The molecule has 0 aliphatic carbocycles. The largest absolute Gasteiger partial charge is 0.494 e. The van der Waals surface area contributed by atoms with Crippen molar-refractivity contribution in [2.75, 3.05) is 26.4 Å². The molecule has 0 N–H and O–H groups in total. The van der Waals surface area contributed by atoms with Gasteiger partial charge in [0, 0.05) is 13.2 Å². The maximum Gasteiger partial charge on any atom is 0.119 e. The summed E-state index contributed by atoms with van der Waals surface area (Å²) in [6, 6.07) is 16.9. The zero-order chi connectivity index (χ0) is 20.6. The van der Waals surface area contributed by atoms with Gasteiger partial charge in [-0.25, -0.2) is 0 Å². The minimum absolute atomic E-state index is 0.724. The molecule has 29 heavy (non-hydrogen) atoms. The molecule has 2 aromatic rings. The summed E-state index contributed by atoms with van der Waals surface area (Å²) >= 11 is 0. The number of benzene rings is 2.